The van der Waals surface area contributed by atoms with E-state index in [2.05, 4.69) is 21.6 Å². The third-order valence-electron chi connectivity index (χ3n) is 8.19. The topological polar surface area (TPSA) is 55.4 Å². The minimum absolute atomic E-state index is 0.678. The van der Waals surface area contributed by atoms with Crippen LogP contribution >= 0.6 is 21.6 Å². The molecule has 0 bridgehead atoms. The van der Waals surface area contributed by atoms with Crippen molar-refractivity contribution in [2.45, 2.75) is 182 Å². The van der Waals surface area contributed by atoms with Gasteiger partial charge >= 0.3 is 17.6 Å². The van der Waals surface area contributed by atoms with Crippen LogP contribution in [-0.4, -0.2) is 68.8 Å². The Morgan fingerprint density at radius 1 is 0.283 bits per heavy atom. The maximum atomic E-state index is 5.97. The molecule has 0 fully saturated rings. The van der Waals surface area contributed by atoms with Gasteiger partial charge in [-0.1, -0.05) is 124 Å². The first-order chi connectivity index (χ1) is 22.6. The summed E-state index contributed by atoms with van der Waals surface area (Å²) >= 11 is 0. The highest BCUT2D eigenvalue weighted by Crippen LogP contribution is 2.26. The van der Waals surface area contributed by atoms with Crippen LogP contribution in [0.2, 0.25) is 12.1 Å². The van der Waals surface area contributed by atoms with Gasteiger partial charge in [-0.3, -0.25) is 0 Å². The fourth-order valence-electron chi connectivity index (χ4n) is 5.95. The zero-order valence-corrected chi connectivity index (χ0v) is 35.1. The molecule has 0 heterocycles. The van der Waals surface area contributed by atoms with Crippen LogP contribution in [0.5, 0.6) is 0 Å². The van der Waals surface area contributed by atoms with Gasteiger partial charge in [0.2, 0.25) is 0 Å². The summed E-state index contributed by atoms with van der Waals surface area (Å²) in [6, 6.07) is 1.93. The standard InChI is InChI=1S/C36H78O6S2Si2/c1-7-37-45(38-8-2,39-9-3)35-31-27-23-19-15-13-17-21-25-29-33-43-44-34-30-26-22-18-14-16-20-24-28-32-36-46(40-10-4,41-11-5)42-12-6/h7-36H2,1-6H3. The molecule has 0 unspecified atom stereocenters. The lowest BCUT2D eigenvalue weighted by Gasteiger charge is -2.28. The van der Waals surface area contributed by atoms with Crippen molar-refractivity contribution in [3.05, 3.63) is 0 Å². The molecule has 0 rings (SSSR count). The Kier molecular flexibility index (Phi) is 36.4. The zero-order chi connectivity index (χ0) is 33.9. The van der Waals surface area contributed by atoms with Crippen LogP contribution in [0.1, 0.15) is 170 Å². The summed E-state index contributed by atoms with van der Waals surface area (Å²) in [5, 5.41) is 0. The van der Waals surface area contributed by atoms with Crippen molar-refractivity contribution in [1.82, 2.24) is 0 Å². The van der Waals surface area contributed by atoms with Gasteiger partial charge in [0.05, 0.1) is 0 Å². The van der Waals surface area contributed by atoms with Gasteiger partial charge in [0, 0.05) is 63.2 Å². The number of hydrogen-bond donors (Lipinski definition) is 0. The van der Waals surface area contributed by atoms with Crippen LogP contribution in [-0.2, 0) is 26.6 Å². The maximum absolute atomic E-state index is 5.97. The summed E-state index contributed by atoms with van der Waals surface area (Å²) in [6.07, 6.45) is 27.0. The molecule has 0 saturated carbocycles. The van der Waals surface area contributed by atoms with Gasteiger partial charge in [-0.25, -0.2) is 0 Å². The molecular formula is C36H78O6S2Si2. The zero-order valence-electron chi connectivity index (χ0n) is 31.5. The molecule has 0 aromatic rings. The van der Waals surface area contributed by atoms with E-state index in [1.165, 1.54) is 127 Å². The molecule has 0 aromatic heterocycles. The Bertz CT molecular complexity index is 525. The molecule has 0 aromatic carbocycles. The van der Waals surface area contributed by atoms with Gasteiger partial charge in [-0.15, -0.1) is 0 Å². The first-order valence-corrected chi connectivity index (χ1v) is 26.0. The summed E-state index contributed by atoms with van der Waals surface area (Å²) in [5.74, 6) is 2.65. The molecule has 278 valence electrons. The molecule has 0 aliphatic heterocycles. The fourth-order valence-corrected chi connectivity index (χ4v) is 13.6. The third kappa shape index (κ3) is 27.7. The van der Waals surface area contributed by atoms with E-state index in [0.29, 0.717) is 39.6 Å². The average Bonchev–Trinajstić information content (AvgIpc) is 3.03. The lowest BCUT2D eigenvalue weighted by atomic mass is 10.1. The van der Waals surface area contributed by atoms with E-state index in [0.717, 1.165) is 24.9 Å². The molecule has 10 heteroatoms. The summed E-state index contributed by atoms with van der Waals surface area (Å²) in [6.45, 7) is 16.3. The Morgan fingerprint density at radius 3 is 0.696 bits per heavy atom. The SMILES string of the molecule is CCO[Si](CCCCCCCCCCCCSSCCCCCCCCCCCC[Si](OCC)(OCC)OCC)(OCC)OCC. The molecule has 0 atom stereocenters. The maximum Gasteiger partial charge on any atom is 0.500 e. The Hall–Kier alpha value is 0.894. The fraction of sp³-hybridized carbons (Fsp3) is 1.00. The predicted molar refractivity (Wildman–Crippen MR) is 208 cm³/mol. The van der Waals surface area contributed by atoms with Gasteiger partial charge in [0.15, 0.2) is 0 Å². The highest BCUT2D eigenvalue weighted by atomic mass is 33.1. The second-order valence-corrected chi connectivity index (χ2v) is 20.3. The van der Waals surface area contributed by atoms with Crippen molar-refractivity contribution in [2.75, 3.05) is 51.1 Å². The van der Waals surface area contributed by atoms with Crippen molar-refractivity contribution in [2.24, 2.45) is 0 Å². The van der Waals surface area contributed by atoms with Crippen LogP contribution in [0.25, 0.3) is 0 Å². The van der Waals surface area contributed by atoms with E-state index in [1.807, 2.05) is 41.5 Å². The smallest absolute Gasteiger partial charge is 0.374 e. The molecule has 0 aliphatic carbocycles. The van der Waals surface area contributed by atoms with Crippen LogP contribution in [0.15, 0.2) is 0 Å². The van der Waals surface area contributed by atoms with E-state index in [1.54, 1.807) is 0 Å². The van der Waals surface area contributed by atoms with E-state index in [-0.39, 0.29) is 0 Å². The summed E-state index contributed by atoms with van der Waals surface area (Å²) in [7, 11) is -0.655. The number of hydrogen-bond acceptors (Lipinski definition) is 8. The molecule has 0 aliphatic rings. The van der Waals surface area contributed by atoms with E-state index in [4.69, 9.17) is 26.6 Å². The molecule has 0 saturated heterocycles. The minimum Gasteiger partial charge on any atom is -0.374 e. The van der Waals surface area contributed by atoms with E-state index < -0.39 is 17.6 Å². The van der Waals surface area contributed by atoms with Crippen molar-refractivity contribution in [1.29, 1.82) is 0 Å². The van der Waals surface area contributed by atoms with Crippen molar-refractivity contribution < 1.29 is 26.6 Å². The Balaban J connectivity index is 3.42. The summed E-state index contributed by atoms with van der Waals surface area (Å²) in [4.78, 5) is 0. The van der Waals surface area contributed by atoms with E-state index in [9.17, 15) is 0 Å². The lowest BCUT2D eigenvalue weighted by Crippen LogP contribution is -2.45. The number of unbranched alkanes of at least 4 members (excludes halogenated alkanes) is 18. The number of rotatable bonds is 39. The van der Waals surface area contributed by atoms with Crippen molar-refractivity contribution in [3.63, 3.8) is 0 Å². The van der Waals surface area contributed by atoms with Crippen LogP contribution in [0.4, 0.5) is 0 Å². The predicted octanol–water partition coefficient (Wildman–Crippen LogP) is 12.3. The second kappa shape index (κ2) is 35.7. The first kappa shape index (κ1) is 46.9. The summed E-state index contributed by atoms with van der Waals surface area (Å²) in [5.41, 5.74) is 0. The lowest BCUT2D eigenvalue weighted by molar-refractivity contribution is 0.0698. The second-order valence-electron chi connectivity index (χ2n) is 12.2. The normalized spacial score (nSPS) is 12.4. The first-order valence-electron chi connectivity index (χ1n) is 19.7. The summed E-state index contributed by atoms with van der Waals surface area (Å²) < 4.78 is 35.8. The van der Waals surface area contributed by atoms with Crippen LogP contribution < -0.4 is 0 Å². The van der Waals surface area contributed by atoms with E-state index >= 15 is 0 Å². The largest absolute Gasteiger partial charge is 0.500 e. The Labute approximate surface area is 297 Å². The third-order valence-corrected chi connectivity index (χ3v) is 17.1. The van der Waals surface area contributed by atoms with Gasteiger partial charge in [0.1, 0.15) is 0 Å². The molecule has 46 heavy (non-hydrogen) atoms. The molecule has 0 spiro atoms. The monoisotopic (exact) mass is 726 g/mol. The quantitative estimate of drug-likeness (QED) is 0.0352. The molecule has 0 amide bonds. The highest BCUT2D eigenvalue weighted by Gasteiger charge is 2.40. The van der Waals surface area contributed by atoms with Gasteiger partial charge in [-0.05, 0) is 67.2 Å². The van der Waals surface area contributed by atoms with Crippen molar-refractivity contribution >= 4 is 39.2 Å². The highest BCUT2D eigenvalue weighted by molar-refractivity contribution is 8.76. The van der Waals surface area contributed by atoms with Gasteiger partial charge in [0.25, 0.3) is 0 Å². The van der Waals surface area contributed by atoms with Crippen LogP contribution in [0, 0.1) is 0 Å². The Morgan fingerprint density at radius 2 is 0.478 bits per heavy atom. The van der Waals surface area contributed by atoms with Gasteiger partial charge < -0.3 is 26.6 Å². The molecule has 6 nitrogen and oxygen atoms in total. The van der Waals surface area contributed by atoms with Crippen molar-refractivity contribution in [3.8, 4) is 0 Å². The molecule has 0 N–H and O–H groups in total. The average molecular weight is 727 g/mol. The molecule has 0 radical (unpaired) electrons. The van der Waals surface area contributed by atoms with Gasteiger partial charge in [-0.2, -0.15) is 0 Å². The minimum atomic E-state index is -2.43. The molecular weight excluding hydrogens is 649 g/mol. The van der Waals surface area contributed by atoms with Crippen LogP contribution in [0.3, 0.4) is 0 Å².